The summed E-state index contributed by atoms with van der Waals surface area (Å²) < 4.78 is 7.10. The summed E-state index contributed by atoms with van der Waals surface area (Å²) in [5.41, 5.74) is 0. The van der Waals surface area contributed by atoms with Crippen LogP contribution in [0.5, 0.6) is 0 Å². The van der Waals surface area contributed by atoms with Gasteiger partial charge >= 0.3 is 0 Å². The smallest absolute Gasteiger partial charge is 0.191 e. The normalized spacial score (nSPS) is 19.2. The highest BCUT2D eigenvalue weighted by molar-refractivity contribution is 7.99. The molecule has 0 atom stereocenters. The van der Waals surface area contributed by atoms with Crippen molar-refractivity contribution in [2.75, 3.05) is 19.5 Å². The fraction of sp³-hybridized carbons (Fsp3) is 0.750. The number of aromatic nitrogens is 3. The largest absolute Gasteiger partial charge is 0.377 e. The zero-order chi connectivity index (χ0) is 12.5. The second-order valence-corrected chi connectivity index (χ2v) is 5.92. The van der Waals surface area contributed by atoms with Crippen LogP contribution in [0.2, 0.25) is 0 Å². The van der Waals surface area contributed by atoms with E-state index in [0.29, 0.717) is 17.7 Å². The molecule has 18 heavy (non-hydrogen) atoms. The van der Waals surface area contributed by atoms with Crippen LogP contribution in [0, 0.1) is 0 Å². The second-order valence-electron chi connectivity index (χ2n) is 4.98. The van der Waals surface area contributed by atoms with Gasteiger partial charge in [0.25, 0.3) is 0 Å². The number of rotatable bonds is 7. The van der Waals surface area contributed by atoms with E-state index in [1.54, 1.807) is 7.11 Å². The summed E-state index contributed by atoms with van der Waals surface area (Å²) in [6.45, 7) is 0.181. The third kappa shape index (κ3) is 2.59. The number of ether oxygens (including phenoxy) is 1. The molecule has 0 spiro atoms. The minimum absolute atomic E-state index is 0.0980. The number of thioether (sulfide) groups is 1. The van der Waals surface area contributed by atoms with Crippen LogP contribution < -0.4 is 0 Å². The van der Waals surface area contributed by atoms with E-state index in [1.165, 1.54) is 37.4 Å². The minimum atomic E-state index is 0.0980. The van der Waals surface area contributed by atoms with Gasteiger partial charge in [0.2, 0.25) is 0 Å². The summed E-state index contributed by atoms with van der Waals surface area (Å²) in [5.74, 6) is 2.27. The van der Waals surface area contributed by atoms with Crippen molar-refractivity contribution in [2.24, 2.45) is 0 Å². The standard InChI is InChI=1S/C12H17N3O2S/c1-17-6-10(16)7-18-12-14-13-11(8-2-3-8)15(12)9-4-5-9/h8-9H,2-7H2,1H3. The first-order valence-electron chi connectivity index (χ1n) is 6.38. The first kappa shape index (κ1) is 12.2. The zero-order valence-corrected chi connectivity index (χ0v) is 11.3. The molecule has 0 bridgehead atoms. The van der Waals surface area contributed by atoms with Crippen molar-refractivity contribution in [2.45, 2.75) is 42.8 Å². The Bertz CT molecular complexity index is 452. The lowest BCUT2D eigenvalue weighted by molar-refractivity contribution is -0.120. The third-order valence-electron chi connectivity index (χ3n) is 3.21. The molecular weight excluding hydrogens is 250 g/mol. The number of ketones is 1. The van der Waals surface area contributed by atoms with E-state index in [-0.39, 0.29) is 12.4 Å². The lowest BCUT2D eigenvalue weighted by atomic mass is 10.4. The molecule has 6 heteroatoms. The number of carbonyl (C=O) groups is 1. The van der Waals surface area contributed by atoms with Gasteiger partial charge in [0.15, 0.2) is 10.9 Å². The van der Waals surface area contributed by atoms with Gasteiger partial charge in [0.05, 0.1) is 5.75 Å². The number of hydrogen-bond acceptors (Lipinski definition) is 5. The Labute approximate surface area is 110 Å². The molecule has 0 aliphatic heterocycles. The van der Waals surface area contributed by atoms with Gasteiger partial charge in [-0.25, -0.2) is 0 Å². The lowest BCUT2D eigenvalue weighted by Gasteiger charge is -2.07. The number of methoxy groups -OCH3 is 1. The number of carbonyl (C=O) groups excluding carboxylic acids is 1. The average molecular weight is 267 g/mol. The van der Waals surface area contributed by atoms with E-state index in [9.17, 15) is 4.79 Å². The van der Waals surface area contributed by atoms with Crippen molar-refractivity contribution in [1.82, 2.24) is 14.8 Å². The molecule has 0 radical (unpaired) electrons. The zero-order valence-electron chi connectivity index (χ0n) is 10.5. The Morgan fingerprint density at radius 2 is 2.17 bits per heavy atom. The van der Waals surface area contributed by atoms with Crippen molar-refractivity contribution in [3.8, 4) is 0 Å². The van der Waals surface area contributed by atoms with Gasteiger partial charge in [-0.3, -0.25) is 4.79 Å². The molecular formula is C12H17N3O2S. The average Bonchev–Trinajstić information content (AvgIpc) is 3.25. The lowest BCUT2D eigenvalue weighted by Crippen LogP contribution is -2.10. The maximum atomic E-state index is 11.5. The number of nitrogens with zero attached hydrogens (tertiary/aromatic N) is 3. The minimum Gasteiger partial charge on any atom is -0.377 e. The molecule has 5 nitrogen and oxygen atoms in total. The summed E-state index contributed by atoms with van der Waals surface area (Å²) in [7, 11) is 1.54. The first-order valence-corrected chi connectivity index (χ1v) is 7.36. The predicted octanol–water partition coefficient (Wildman–Crippen LogP) is 1.80. The van der Waals surface area contributed by atoms with Gasteiger partial charge < -0.3 is 9.30 Å². The maximum absolute atomic E-state index is 11.5. The topological polar surface area (TPSA) is 57.0 Å². The third-order valence-corrected chi connectivity index (χ3v) is 4.22. The van der Waals surface area contributed by atoms with E-state index >= 15 is 0 Å². The van der Waals surface area contributed by atoms with Crippen LogP contribution in [-0.4, -0.2) is 40.0 Å². The molecule has 2 aliphatic rings. The fourth-order valence-electron chi connectivity index (χ4n) is 2.03. The summed E-state index contributed by atoms with van der Waals surface area (Å²) in [4.78, 5) is 11.5. The van der Waals surface area contributed by atoms with Crippen LogP contribution in [0.25, 0.3) is 0 Å². The van der Waals surface area contributed by atoms with Crippen molar-refractivity contribution in [1.29, 1.82) is 0 Å². The molecule has 2 saturated carbocycles. The predicted molar refractivity (Wildman–Crippen MR) is 67.9 cm³/mol. The van der Waals surface area contributed by atoms with Gasteiger partial charge in [-0.1, -0.05) is 11.8 Å². The van der Waals surface area contributed by atoms with Crippen molar-refractivity contribution in [3.63, 3.8) is 0 Å². The van der Waals surface area contributed by atoms with E-state index in [2.05, 4.69) is 14.8 Å². The SMILES string of the molecule is COCC(=O)CSc1nnc(C2CC2)n1C1CC1. The Balaban J connectivity index is 1.69. The number of hydrogen-bond donors (Lipinski definition) is 0. The molecule has 0 N–H and O–H groups in total. The van der Waals surface area contributed by atoms with Crippen molar-refractivity contribution >= 4 is 17.5 Å². The van der Waals surface area contributed by atoms with E-state index < -0.39 is 0 Å². The quantitative estimate of drug-likeness (QED) is 0.705. The highest BCUT2D eigenvalue weighted by Gasteiger charge is 2.36. The summed E-state index contributed by atoms with van der Waals surface area (Å²) in [6, 6.07) is 0.579. The Hall–Kier alpha value is -0.880. The molecule has 1 aromatic heterocycles. The highest BCUT2D eigenvalue weighted by atomic mass is 32.2. The molecule has 2 fully saturated rings. The van der Waals surface area contributed by atoms with Crippen LogP contribution in [0.15, 0.2) is 5.16 Å². The Kier molecular flexibility index (Phi) is 3.39. The fourth-order valence-corrected chi connectivity index (χ4v) is 2.88. The molecule has 1 heterocycles. The molecule has 0 saturated heterocycles. The van der Waals surface area contributed by atoms with Crippen LogP contribution in [0.1, 0.15) is 43.5 Å². The molecule has 0 amide bonds. The summed E-state index contributed by atoms with van der Waals surface area (Å²) in [6.07, 6.45) is 4.91. The van der Waals surface area contributed by atoms with E-state index in [1.807, 2.05) is 0 Å². The molecule has 3 rings (SSSR count). The Morgan fingerprint density at radius 1 is 1.39 bits per heavy atom. The highest BCUT2D eigenvalue weighted by Crippen LogP contribution is 2.45. The van der Waals surface area contributed by atoms with Crippen LogP contribution >= 0.6 is 11.8 Å². The van der Waals surface area contributed by atoms with E-state index in [4.69, 9.17) is 4.74 Å². The first-order chi connectivity index (χ1) is 8.79. The second kappa shape index (κ2) is 5.01. The molecule has 1 aromatic rings. The Morgan fingerprint density at radius 3 is 2.78 bits per heavy atom. The number of Topliss-reactive ketones (excluding diaryl/α,β-unsaturated/α-hetero) is 1. The van der Waals surface area contributed by atoms with Crippen molar-refractivity contribution < 1.29 is 9.53 Å². The molecule has 0 aromatic carbocycles. The van der Waals surface area contributed by atoms with Gasteiger partial charge in [-0.05, 0) is 25.7 Å². The van der Waals surface area contributed by atoms with Gasteiger partial charge in [-0.15, -0.1) is 10.2 Å². The monoisotopic (exact) mass is 267 g/mol. The van der Waals surface area contributed by atoms with Crippen LogP contribution in [0.4, 0.5) is 0 Å². The summed E-state index contributed by atoms with van der Waals surface area (Å²) in [5, 5.41) is 9.47. The van der Waals surface area contributed by atoms with Crippen LogP contribution in [-0.2, 0) is 9.53 Å². The molecule has 0 unspecified atom stereocenters. The van der Waals surface area contributed by atoms with Crippen LogP contribution in [0.3, 0.4) is 0 Å². The van der Waals surface area contributed by atoms with Gasteiger partial charge in [0.1, 0.15) is 12.4 Å². The van der Waals surface area contributed by atoms with Gasteiger partial charge in [0, 0.05) is 19.1 Å². The molecule has 98 valence electrons. The van der Waals surface area contributed by atoms with Crippen molar-refractivity contribution in [3.05, 3.63) is 5.82 Å². The van der Waals surface area contributed by atoms with E-state index in [0.717, 1.165) is 11.0 Å². The maximum Gasteiger partial charge on any atom is 0.191 e. The molecule has 2 aliphatic carbocycles. The summed E-state index contributed by atoms with van der Waals surface area (Å²) >= 11 is 1.49. The van der Waals surface area contributed by atoms with Gasteiger partial charge in [-0.2, -0.15) is 0 Å².